The lowest BCUT2D eigenvalue weighted by atomic mass is 9.91. The number of hydrogen-bond acceptors (Lipinski definition) is 7. The van der Waals surface area contributed by atoms with Gasteiger partial charge in [0.05, 0.1) is 28.4 Å². The molecule has 1 saturated carbocycles. The van der Waals surface area contributed by atoms with Crippen molar-refractivity contribution in [1.82, 2.24) is 15.0 Å². The highest BCUT2D eigenvalue weighted by atomic mass is 32.1. The van der Waals surface area contributed by atoms with Crippen LogP contribution in [0.5, 0.6) is 0 Å². The molecule has 2 aliphatic rings. The van der Waals surface area contributed by atoms with Gasteiger partial charge in [-0.15, -0.1) is 11.3 Å². The van der Waals surface area contributed by atoms with Gasteiger partial charge in [0.1, 0.15) is 5.69 Å². The number of hydrogen-bond donors (Lipinski definition) is 1. The van der Waals surface area contributed by atoms with E-state index < -0.39 is 5.41 Å². The summed E-state index contributed by atoms with van der Waals surface area (Å²) in [6, 6.07) is 0.438. The molecule has 3 heterocycles. The van der Waals surface area contributed by atoms with Crippen molar-refractivity contribution in [3.05, 3.63) is 22.3 Å². The Labute approximate surface area is 176 Å². The smallest absolute Gasteiger partial charge is 0.234 e. The summed E-state index contributed by atoms with van der Waals surface area (Å²) in [7, 11) is 1.83. The third-order valence-corrected chi connectivity index (χ3v) is 6.82. The predicted octanol–water partition coefficient (Wildman–Crippen LogP) is 4.17. The van der Waals surface area contributed by atoms with Crippen molar-refractivity contribution in [2.24, 2.45) is 5.41 Å². The van der Waals surface area contributed by atoms with Crippen LogP contribution in [-0.4, -0.2) is 40.5 Å². The Balaban J connectivity index is 1.70. The molecule has 8 heteroatoms. The summed E-state index contributed by atoms with van der Waals surface area (Å²) >= 11 is 1.64. The standard InChI is InChI=1S/C21H30N6OS/c1-13(16-11-29-14(2)24-16)23-20-22-10-17-18(25-20)27(15-8-6-7-9-15)12-21(3,4)19(28)26(17)5/h10-11,13,15H,6-9,12H2,1-5H3,(H,22,23,25)/t13-/m0/s1. The van der Waals surface area contributed by atoms with Crippen molar-refractivity contribution in [2.75, 3.05) is 28.7 Å². The van der Waals surface area contributed by atoms with Crippen LogP contribution in [0.2, 0.25) is 0 Å². The summed E-state index contributed by atoms with van der Waals surface area (Å²) in [5, 5.41) is 6.50. The number of carbonyl (C=O) groups excluding carboxylic acids is 1. The zero-order valence-electron chi connectivity index (χ0n) is 17.9. The fourth-order valence-electron chi connectivity index (χ4n) is 4.38. The lowest BCUT2D eigenvalue weighted by Gasteiger charge is -2.34. The van der Waals surface area contributed by atoms with E-state index in [1.165, 1.54) is 12.8 Å². The van der Waals surface area contributed by atoms with Crippen molar-refractivity contribution >= 4 is 34.7 Å². The zero-order chi connectivity index (χ0) is 20.8. The summed E-state index contributed by atoms with van der Waals surface area (Å²) in [5.74, 6) is 1.54. The van der Waals surface area contributed by atoms with E-state index in [0.29, 0.717) is 18.5 Å². The van der Waals surface area contributed by atoms with E-state index in [4.69, 9.17) is 4.98 Å². The Morgan fingerprint density at radius 3 is 2.66 bits per heavy atom. The van der Waals surface area contributed by atoms with Crippen LogP contribution in [-0.2, 0) is 4.79 Å². The molecule has 1 fully saturated rings. The predicted molar refractivity (Wildman–Crippen MR) is 118 cm³/mol. The van der Waals surface area contributed by atoms with Crippen LogP contribution in [0.15, 0.2) is 11.6 Å². The molecule has 156 valence electrons. The number of amides is 1. The first-order valence-electron chi connectivity index (χ1n) is 10.4. The fourth-order valence-corrected chi connectivity index (χ4v) is 5.09. The molecule has 1 aliphatic carbocycles. The lowest BCUT2D eigenvalue weighted by molar-refractivity contribution is -0.125. The van der Waals surface area contributed by atoms with Crippen LogP contribution in [0.3, 0.4) is 0 Å². The summed E-state index contributed by atoms with van der Waals surface area (Å²) < 4.78 is 0. The van der Waals surface area contributed by atoms with Gasteiger partial charge in [-0.1, -0.05) is 12.8 Å². The van der Waals surface area contributed by atoms with E-state index in [9.17, 15) is 4.79 Å². The molecule has 0 spiro atoms. The molecule has 1 amide bonds. The Morgan fingerprint density at radius 2 is 2.00 bits per heavy atom. The first-order valence-corrected chi connectivity index (χ1v) is 11.2. The molecule has 0 aromatic carbocycles. The lowest BCUT2D eigenvalue weighted by Crippen LogP contribution is -2.45. The largest absolute Gasteiger partial charge is 0.351 e. The van der Waals surface area contributed by atoms with Crippen molar-refractivity contribution in [1.29, 1.82) is 0 Å². The number of nitrogens with one attached hydrogen (secondary N) is 1. The van der Waals surface area contributed by atoms with Crippen molar-refractivity contribution in [3.8, 4) is 0 Å². The minimum absolute atomic E-state index is 0.0134. The second-order valence-electron chi connectivity index (χ2n) is 8.87. The summed E-state index contributed by atoms with van der Waals surface area (Å²) in [4.78, 5) is 31.1. The highest BCUT2D eigenvalue weighted by molar-refractivity contribution is 7.09. The molecule has 2 aromatic heterocycles. The van der Waals surface area contributed by atoms with Gasteiger partial charge >= 0.3 is 0 Å². The average Bonchev–Trinajstić information content (AvgIpc) is 3.35. The maximum absolute atomic E-state index is 13.1. The molecule has 0 saturated heterocycles. The number of aromatic nitrogens is 3. The quantitative estimate of drug-likeness (QED) is 0.809. The second kappa shape index (κ2) is 7.55. The minimum Gasteiger partial charge on any atom is -0.351 e. The first kappa shape index (κ1) is 20.1. The second-order valence-corrected chi connectivity index (χ2v) is 9.94. The number of aryl methyl sites for hydroxylation is 1. The van der Waals surface area contributed by atoms with Crippen molar-refractivity contribution < 1.29 is 4.79 Å². The monoisotopic (exact) mass is 414 g/mol. The molecule has 0 unspecified atom stereocenters. The third-order valence-electron chi connectivity index (χ3n) is 6.02. The van der Waals surface area contributed by atoms with Crippen LogP contribution in [0.4, 0.5) is 17.5 Å². The molecule has 1 N–H and O–H groups in total. The van der Waals surface area contributed by atoms with Gasteiger partial charge < -0.3 is 15.1 Å². The number of anilines is 3. The molecular formula is C21H30N6OS. The van der Waals surface area contributed by atoms with Crippen molar-refractivity contribution in [2.45, 2.75) is 65.5 Å². The first-order chi connectivity index (χ1) is 13.8. The molecule has 0 radical (unpaired) electrons. The third kappa shape index (κ3) is 3.82. The van der Waals surface area contributed by atoms with Gasteiger partial charge in [-0.2, -0.15) is 4.98 Å². The Kier molecular flexibility index (Phi) is 5.23. The number of rotatable bonds is 4. The molecule has 1 aliphatic heterocycles. The van der Waals surface area contributed by atoms with Gasteiger partial charge in [-0.3, -0.25) is 4.79 Å². The molecular weight excluding hydrogens is 384 g/mol. The highest BCUT2D eigenvalue weighted by Crippen LogP contribution is 2.40. The topological polar surface area (TPSA) is 74.2 Å². The van der Waals surface area contributed by atoms with Crippen LogP contribution >= 0.6 is 11.3 Å². The summed E-state index contributed by atoms with van der Waals surface area (Å²) in [6.45, 7) is 8.80. The van der Waals surface area contributed by atoms with Gasteiger partial charge in [0.15, 0.2) is 5.82 Å². The number of carbonyl (C=O) groups is 1. The van der Waals surface area contributed by atoms with Gasteiger partial charge in [0.25, 0.3) is 0 Å². The Morgan fingerprint density at radius 1 is 1.28 bits per heavy atom. The molecule has 29 heavy (non-hydrogen) atoms. The van der Waals surface area contributed by atoms with E-state index in [1.807, 2.05) is 27.8 Å². The zero-order valence-corrected chi connectivity index (χ0v) is 18.7. The highest BCUT2D eigenvalue weighted by Gasteiger charge is 2.41. The van der Waals surface area contributed by atoms with E-state index in [0.717, 1.165) is 35.0 Å². The minimum atomic E-state index is -0.475. The van der Waals surface area contributed by atoms with Gasteiger partial charge in [0.2, 0.25) is 11.9 Å². The van der Waals surface area contributed by atoms with E-state index >= 15 is 0 Å². The number of thiazole rings is 1. The Bertz CT molecular complexity index is 904. The van der Waals surface area contributed by atoms with E-state index in [-0.39, 0.29) is 11.9 Å². The van der Waals surface area contributed by atoms with E-state index in [2.05, 4.69) is 32.5 Å². The molecule has 0 bridgehead atoms. The SMILES string of the molecule is Cc1nc([C@H](C)Nc2ncc3c(n2)N(C2CCCC2)CC(C)(C)C(=O)N3C)cs1. The number of nitrogens with zero attached hydrogens (tertiary/aromatic N) is 5. The maximum atomic E-state index is 13.1. The van der Waals surface area contributed by atoms with Crippen LogP contribution in [0.1, 0.15) is 63.2 Å². The van der Waals surface area contributed by atoms with Crippen molar-refractivity contribution in [3.63, 3.8) is 0 Å². The normalized spacial score (nSPS) is 20.5. The molecule has 1 atom stereocenters. The van der Waals surface area contributed by atoms with Gasteiger partial charge in [-0.25, -0.2) is 9.97 Å². The summed E-state index contributed by atoms with van der Waals surface area (Å²) in [5.41, 5.74) is 1.30. The Hall–Kier alpha value is -2.22. The maximum Gasteiger partial charge on any atom is 0.234 e. The molecule has 2 aromatic rings. The van der Waals surface area contributed by atoms with Crippen LogP contribution in [0, 0.1) is 12.3 Å². The van der Waals surface area contributed by atoms with Gasteiger partial charge in [-0.05, 0) is 40.5 Å². The van der Waals surface area contributed by atoms with E-state index in [1.54, 1.807) is 22.4 Å². The van der Waals surface area contributed by atoms with Crippen LogP contribution < -0.4 is 15.1 Å². The fraction of sp³-hybridized carbons (Fsp3) is 0.619. The van der Waals surface area contributed by atoms with Gasteiger partial charge in [0, 0.05) is 25.0 Å². The number of fused-ring (bicyclic) bond motifs is 1. The molecule has 7 nitrogen and oxygen atoms in total. The molecule has 4 rings (SSSR count). The van der Waals surface area contributed by atoms with Crippen LogP contribution in [0.25, 0.3) is 0 Å². The summed E-state index contributed by atoms with van der Waals surface area (Å²) in [6.07, 6.45) is 6.54. The average molecular weight is 415 g/mol.